The van der Waals surface area contributed by atoms with Crippen molar-refractivity contribution in [3.8, 4) is 5.75 Å². The lowest BCUT2D eigenvalue weighted by Crippen LogP contribution is -2.33. The summed E-state index contributed by atoms with van der Waals surface area (Å²) in [6.07, 6.45) is 1.77. The molecule has 0 radical (unpaired) electrons. The number of allylic oxidation sites excluding steroid dienone is 2. The van der Waals surface area contributed by atoms with E-state index in [0.717, 1.165) is 18.1 Å². The molecule has 0 aliphatic carbocycles. The Kier molecular flexibility index (Phi) is 6.25. The molecule has 8 heteroatoms. The van der Waals surface area contributed by atoms with Gasteiger partial charge in [-0.2, -0.15) is 0 Å². The number of carbonyl (C=O) groups is 2. The van der Waals surface area contributed by atoms with Crippen molar-refractivity contribution in [2.24, 2.45) is 5.92 Å². The average molecular weight is 417 g/mol. The molecule has 1 aliphatic heterocycles. The zero-order valence-electron chi connectivity index (χ0n) is 16.2. The molecule has 1 aliphatic rings. The maximum absolute atomic E-state index is 14.1. The third kappa shape index (κ3) is 4.53. The van der Waals surface area contributed by atoms with E-state index in [-0.39, 0.29) is 17.6 Å². The van der Waals surface area contributed by atoms with Gasteiger partial charge in [0.1, 0.15) is 11.6 Å². The molecule has 0 aromatic heterocycles. The third-order valence-electron chi connectivity index (χ3n) is 4.56. The highest BCUT2D eigenvalue weighted by Crippen LogP contribution is 2.30. The molecule has 0 saturated heterocycles. The first-order valence-corrected chi connectivity index (χ1v) is 8.98. The number of esters is 1. The fraction of sp³-hybridized carbons (Fsp3) is 0.182. The minimum atomic E-state index is -1.32. The molecule has 1 atom stereocenters. The second kappa shape index (κ2) is 8.86. The minimum Gasteiger partial charge on any atom is -0.466 e. The maximum atomic E-state index is 14.1. The van der Waals surface area contributed by atoms with Gasteiger partial charge < -0.3 is 9.47 Å². The van der Waals surface area contributed by atoms with Gasteiger partial charge in [0.25, 0.3) is 0 Å². The zero-order valence-corrected chi connectivity index (χ0v) is 16.2. The number of ether oxygens (including phenoxy) is 2. The van der Waals surface area contributed by atoms with Crippen molar-refractivity contribution in [2.75, 3.05) is 7.11 Å². The van der Waals surface area contributed by atoms with E-state index in [4.69, 9.17) is 9.47 Å². The first-order chi connectivity index (χ1) is 14.3. The molecule has 30 heavy (non-hydrogen) atoms. The monoisotopic (exact) mass is 417 g/mol. The predicted molar refractivity (Wildman–Crippen MR) is 102 cm³/mol. The summed E-state index contributed by atoms with van der Waals surface area (Å²) in [5.41, 5.74) is 0.166. The molecule has 5 nitrogen and oxygen atoms in total. The summed E-state index contributed by atoms with van der Waals surface area (Å²) in [7, 11) is 1.15. The molecular formula is C22H18F3NO4. The second-order valence-corrected chi connectivity index (χ2v) is 6.61. The largest absolute Gasteiger partial charge is 0.466 e. The van der Waals surface area contributed by atoms with E-state index in [9.17, 15) is 22.8 Å². The van der Waals surface area contributed by atoms with Crippen LogP contribution in [0, 0.1) is 23.4 Å². The van der Waals surface area contributed by atoms with E-state index in [1.54, 1.807) is 37.3 Å². The number of hydrogen-bond donors (Lipinski definition) is 0. The summed E-state index contributed by atoms with van der Waals surface area (Å²) in [4.78, 5) is 25.9. The third-order valence-corrected chi connectivity index (χ3v) is 4.56. The van der Waals surface area contributed by atoms with Gasteiger partial charge in [-0.25, -0.2) is 22.8 Å². The van der Waals surface area contributed by atoms with Crippen LogP contribution >= 0.6 is 0 Å². The van der Waals surface area contributed by atoms with Crippen molar-refractivity contribution in [3.05, 3.63) is 89.0 Å². The Bertz CT molecular complexity index is 1030. The molecule has 2 aromatic rings. The highest BCUT2D eigenvalue weighted by Gasteiger charge is 2.30. The van der Waals surface area contributed by atoms with E-state index < -0.39 is 35.4 Å². The lowest BCUT2D eigenvalue weighted by molar-refractivity contribution is -0.136. The van der Waals surface area contributed by atoms with Crippen LogP contribution in [0.3, 0.4) is 0 Å². The quantitative estimate of drug-likeness (QED) is 0.533. The Morgan fingerprint density at radius 2 is 1.80 bits per heavy atom. The number of carbonyl (C=O) groups excluding carboxylic acids is 2. The van der Waals surface area contributed by atoms with Gasteiger partial charge in [-0.3, -0.25) is 4.90 Å². The van der Waals surface area contributed by atoms with Crippen molar-refractivity contribution in [2.45, 2.75) is 13.3 Å². The van der Waals surface area contributed by atoms with Crippen LogP contribution in [0.2, 0.25) is 0 Å². The zero-order chi connectivity index (χ0) is 21.8. The van der Waals surface area contributed by atoms with E-state index >= 15 is 0 Å². The summed E-state index contributed by atoms with van der Waals surface area (Å²) >= 11 is 0. The second-order valence-electron chi connectivity index (χ2n) is 6.61. The van der Waals surface area contributed by atoms with Crippen molar-refractivity contribution in [1.29, 1.82) is 0 Å². The SMILES string of the molecule is COC(=O)C1=CN(C(=O)Oc2ccccc2)C(C)=C[C@@H]1Cc1cc(F)cc(F)c1F. The van der Waals surface area contributed by atoms with Gasteiger partial charge in [0.05, 0.1) is 12.7 Å². The smallest absolute Gasteiger partial charge is 0.423 e. The van der Waals surface area contributed by atoms with Crippen LogP contribution in [-0.4, -0.2) is 24.1 Å². The van der Waals surface area contributed by atoms with Crippen LogP contribution in [0.4, 0.5) is 18.0 Å². The molecular weight excluding hydrogens is 399 g/mol. The van der Waals surface area contributed by atoms with Gasteiger partial charge in [0.2, 0.25) is 0 Å². The van der Waals surface area contributed by atoms with E-state index in [0.29, 0.717) is 17.5 Å². The van der Waals surface area contributed by atoms with Crippen LogP contribution in [-0.2, 0) is 16.0 Å². The van der Waals surface area contributed by atoms with Crippen LogP contribution < -0.4 is 4.74 Å². The fourth-order valence-corrected chi connectivity index (χ4v) is 3.12. The number of halogens is 3. The van der Waals surface area contributed by atoms with Crippen LogP contribution in [0.25, 0.3) is 0 Å². The first-order valence-electron chi connectivity index (χ1n) is 8.98. The van der Waals surface area contributed by atoms with Crippen molar-refractivity contribution < 1.29 is 32.2 Å². The van der Waals surface area contributed by atoms with Gasteiger partial charge in [-0.1, -0.05) is 24.3 Å². The molecule has 3 rings (SSSR count). The van der Waals surface area contributed by atoms with Crippen LogP contribution in [0.5, 0.6) is 5.75 Å². The average Bonchev–Trinajstić information content (AvgIpc) is 2.72. The Hall–Kier alpha value is -3.55. The highest BCUT2D eigenvalue weighted by atomic mass is 19.2. The Morgan fingerprint density at radius 3 is 2.47 bits per heavy atom. The molecule has 2 aromatic carbocycles. The Labute approximate surface area is 171 Å². The van der Waals surface area contributed by atoms with Gasteiger partial charge in [0, 0.05) is 23.9 Å². The number of nitrogens with zero attached hydrogens (tertiary/aromatic N) is 1. The van der Waals surface area contributed by atoms with Crippen LogP contribution in [0.1, 0.15) is 12.5 Å². The van der Waals surface area contributed by atoms with Crippen molar-refractivity contribution in [1.82, 2.24) is 4.90 Å². The standard InChI is InChI=1S/C22H18F3NO4/c1-13-8-14(9-15-10-16(23)11-19(24)20(15)25)18(21(27)29-2)12-26(13)22(28)30-17-6-4-3-5-7-17/h3-8,10-12,14H,9H2,1-2H3/t14-/m1/s1. The lowest BCUT2D eigenvalue weighted by atomic mass is 9.89. The summed E-state index contributed by atoms with van der Waals surface area (Å²) in [5.74, 6) is -4.68. The van der Waals surface area contributed by atoms with E-state index in [2.05, 4.69) is 0 Å². The number of benzene rings is 2. The highest BCUT2D eigenvalue weighted by molar-refractivity contribution is 5.91. The molecule has 0 N–H and O–H groups in total. The summed E-state index contributed by atoms with van der Waals surface area (Å²) in [6, 6.07) is 9.65. The normalized spacial score (nSPS) is 15.9. The summed E-state index contributed by atoms with van der Waals surface area (Å²) in [5, 5.41) is 0. The molecule has 0 bridgehead atoms. The number of para-hydroxylation sites is 1. The molecule has 1 amide bonds. The maximum Gasteiger partial charge on any atom is 0.423 e. The van der Waals surface area contributed by atoms with Crippen molar-refractivity contribution >= 4 is 12.1 Å². The van der Waals surface area contributed by atoms with E-state index in [1.807, 2.05) is 0 Å². The van der Waals surface area contributed by atoms with Gasteiger partial charge in [-0.15, -0.1) is 0 Å². The Balaban J connectivity index is 1.90. The molecule has 0 spiro atoms. The van der Waals surface area contributed by atoms with Crippen molar-refractivity contribution in [3.63, 3.8) is 0 Å². The molecule has 1 heterocycles. The molecule has 0 unspecified atom stereocenters. The fourth-order valence-electron chi connectivity index (χ4n) is 3.12. The number of rotatable bonds is 4. The predicted octanol–water partition coefficient (Wildman–Crippen LogP) is 4.74. The van der Waals surface area contributed by atoms with Gasteiger partial charge in [-0.05, 0) is 37.1 Å². The Morgan fingerprint density at radius 1 is 1.10 bits per heavy atom. The van der Waals surface area contributed by atoms with E-state index in [1.165, 1.54) is 12.3 Å². The number of amides is 1. The number of methoxy groups -OCH3 is 1. The minimum absolute atomic E-state index is 0.0113. The number of hydrogen-bond acceptors (Lipinski definition) is 4. The lowest BCUT2D eigenvalue weighted by Gasteiger charge is -2.28. The van der Waals surface area contributed by atoms with Gasteiger partial charge in [0.15, 0.2) is 11.6 Å². The molecule has 156 valence electrons. The van der Waals surface area contributed by atoms with Gasteiger partial charge >= 0.3 is 12.1 Å². The molecule has 0 saturated carbocycles. The summed E-state index contributed by atoms with van der Waals surface area (Å²) < 4.78 is 51.2. The summed E-state index contributed by atoms with van der Waals surface area (Å²) in [6.45, 7) is 1.59. The van der Waals surface area contributed by atoms with Crippen LogP contribution in [0.15, 0.2) is 66.0 Å². The topological polar surface area (TPSA) is 55.8 Å². The molecule has 0 fully saturated rings. The first kappa shape index (κ1) is 21.2.